The van der Waals surface area contributed by atoms with Crippen molar-refractivity contribution < 1.29 is 4.79 Å². The lowest BCUT2D eigenvalue weighted by molar-refractivity contribution is -0.133. The van der Waals surface area contributed by atoms with E-state index in [1.165, 1.54) is 0 Å². The van der Waals surface area contributed by atoms with Crippen molar-refractivity contribution >= 4 is 23.1 Å². The molecule has 0 saturated heterocycles. The third kappa shape index (κ3) is 3.81. The predicted octanol–water partition coefficient (Wildman–Crippen LogP) is 2.31. The average Bonchev–Trinajstić information content (AvgIpc) is 2.34. The van der Waals surface area contributed by atoms with Crippen LogP contribution in [0.15, 0.2) is 30.3 Å². The van der Waals surface area contributed by atoms with E-state index in [2.05, 4.69) is 0 Å². The number of rotatable bonds is 5. The van der Waals surface area contributed by atoms with Gasteiger partial charge in [-0.05, 0) is 26.3 Å². The summed E-state index contributed by atoms with van der Waals surface area (Å²) in [4.78, 5) is 14.5. The molecule has 0 spiro atoms. The lowest BCUT2D eigenvalue weighted by atomic mass is 9.99. The van der Waals surface area contributed by atoms with Crippen molar-refractivity contribution in [1.82, 2.24) is 4.90 Å². The van der Waals surface area contributed by atoms with Crippen molar-refractivity contribution in [2.75, 3.05) is 6.54 Å². The molecule has 4 heteroatoms. The van der Waals surface area contributed by atoms with E-state index in [-0.39, 0.29) is 17.9 Å². The zero-order valence-corrected chi connectivity index (χ0v) is 11.9. The second kappa shape index (κ2) is 6.50. The van der Waals surface area contributed by atoms with E-state index in [9.17, 15) is 4.79 Å². The molecule has 1 unspecified atom stereocenters. The highest BCUT2D eigenvalue weighted by molar-refractivity contribution is 7.80. The van der Waals surface area contributed by atoms with Gasteiger partial charge in [-0.3, -0.25) is 4.79 Å². The first-order valence-corrected chi connectivity index (χ1v) is 6.48. The predicted molar refractivity (Wildman–Crippen MR) is 78.5 cm³/mol. The van der Waals surface area contributed by atoms with Crippen LogP contribution in [0.3, 0.4) is 0 Å². The maximum absolute atomic E-state index is 12.4. The van der Waals surface area contributed by atoms with Gasteiger partial charge in [0, 0.05) is 6.04 Å². The Balaban J connectivity index is 2.86. The summed E-state index contributed by atoms with van der Waals surface area (Å²) >= 11 is 4.90. The topological polar surface area (TPSA) is 46.3 Å². The van der Waals surface area contributed by atoms with Crippen molar-refractivity contribution in [3.63, 3.8) is 0 Å². The largest absolute Gasteiger partial charge is 0.392 e. The van der Waals surface area contributed by atoms with Crippen LogP contribution >= 0.6 is 12.2 Å². The number of nitrogens with two attached hydrogens (primary N) is 1. The molecule has 1 aromatic rings. The zero-order valence-electron chi connectivity index (χ0n) is 11.1. The second-order valence-corrected chi connectivity index (χ2v) is 5.18. The molecule has 1 rings (SSSR count). The van der Waals surface area contributed by atoms with Crippen LogP contribution in [0.5, 0.6) is 0 Å². The van der Waals surface area contributed by atoms with Crippen LogP contribution in [0.1, 0.15) is 32.3 Å². The highest BCUT2D eigenvalue weighted by Crippen LogP contribution is 2.18. The minimum absolute atomic E-state index is 0.0593. The number of amides is 1. The highest BCUT2D eigenvalue weighted by atomic mass is 32.1. The molecule has 0 aliphatic heterocycles. The van der Waals surface area contributed by atoms with Crippen LogP contribution in [0.4, 0.5) is 0 Å². The van der Waals surface area contributed by atoms with Crippen molar-refractivity contribution in [2.45, 2.75) is 32.7 Å². The van der Waals surface area contributed by atoms with E-state index in [0.29, 0.717) is 11.5 Å². The summed E-state index contributed by atoms with van der Waals surface area (Å²) in [5, 5.41) is 0. The van der Waals surface area contributed by atoms with Gasteiger partial charge in [-0.2, -0.15) is 0 Å². The first kappa shape index (κ1) is 14.6. The molecule has 3 nitrogen and oxygen atoms in total. The lowest BCUT2D eigenvalue weighted by Gasteiger charge is -2.29. The summed E-state index contributed by atoms with van der Waals surface area (Å²) in [5.41, 5.74) is 6.56. The van der Waals surface area contributed by atoms with Gasteiger partial charge in [0.1, 0.15) is 0 Å². The van der Waals surface area contributed by atoms with Crippen LogP contribution in [-0.2, 0) is 4.79 Å². The Morgan fingerprint density at radius 2 is 1.83 bits per heavy atom. The van der Waals surface area contributed by atoms with Crippen LogP contribution in [0, 0.1) is 0 Å². The number of hydrogen-bond donors (Lipinski definition) is 1. The van der Waals surface area contributed by atoms with E-state index < -0.39 is 0 Å². The quantitative estimate of drug-likeness (QED) is 0.830. The molecule has 18 heavy (non-hydrogen) atoms. The van der Waals surface area contributed by atoms with Gasteiger partial charge in [0.15, 0.2) is 0 Å². The van der Waals surface area contributed by atoms with E-state index in [0.717, 1.165) is 5.56 Å². The smallest absolute Gasteiger partial charge is 0.230 e. The monoisotopic (exact) mass is 264 g/mol. The molecule has 0 heterocycles. The zero-order chi connectivity index (χ0) is 13.7. The normalized spacial score (nSPS) is 12.2. The maximum atomic E-state index is 12.4. The summed E-state index contributed by atoms with van der Waals surface area (Å²) < 4.78 is 0. The summed E-state index contributed by atoms with van der Waals surface area (Å²) in [6.07, 6.45) is 0. The van der Waals surface area contributed by atoms with Gasteiger partial charge in [0.2, 0.25) is 5.91 Å². The molecule has 2 N–H and O–H groups in total. The molecule has 0 bridgehead atoms. The Morgan fingerprint density at radius 3 is 2.28 bits per heavy atom. The second-order valence-electron chi connectivity index (χ2n) is 4.66. The third-order valence-corrected chi connectivity index (χ3v) is 3.03. The lowest BCUT2D eigenvalue weighted by Crippen LogP contribution is -2.44. The molecule has 0 saturated carbocycles. The van der Waals surface area contributed by atoms with Gasteiger partial charge in [0.25, 0.3) is 0 Å². The molecule has 1 amide bonds. The van der Waals surface area contributed by atoms with E-state index in [1.807, 2.05) is 51.1 Å². The van der Waals surface area contributed by atoms with Crippen LogP contribution in [0.2, 0.25) is 0 Å². The molecule has 0 radical (unpaired) electrons. The Labute approximate surface area is 114 Å². The van der Waals surface area contributed by atoms with E-state index in [4.69, 9.17) is 18.0 Å². The van der Waals surface area contributed by atoms with Gasteiger partial charge in [0.05, 0.1) is 17.5 Å². The Kier molecular flexibility index (Phi) is 5.28. The number of carbonyl (C=O) groups excluding carboxylic acids is 1. The first-order chi connectivity index (χ1) is 8.43. The molecule has 98 valence electrons. The molecule has 1 atom stereocenters. The summed E-state index contributed by atoms with van der Waals surface area (Å²) in [5.74, 6) is -0.119. The Hall–Kier alpha value is -1.42. The molecule has 0 aromatic heterocycles. The van der Waals surface area contributed by atoms with E-state index in [1.54, 1.807) is 4.90 Å². The van der Waals surface area contributed by atoms with Crippen LogP contribution in [0.25, 0.3) is 0 Å². The number of thiocarbonyl (C=S) groups is 1. The SMILES string of the molecule is CC(C(=O)N(CC(N)=S)C(C)C)c1ccccc1. The fourth-order valence-corrected chi connectivity index (χ4v) is 1.95. The molecule has 0 fully saturated rings. The number of nitrogens with zero attached hydrogens (tertiary/aromatic N) is 1. The van der Waals surface area contributed by atoms with E-state index >= 15 is 0 Å². The number of carbonyl (C=O) groups is 1. The molecule has 1 aromatic carbocycles. The molecule has 0 aliphatic carbocycles. The highest BCUT2D eigenvalue weighted by Gasteiger charge is 2.24. The van der Waals surface area contributed by atoms with Crippen molar-refractivity contribution in [3.05, 3.63) is 35.9 Å². The Bertz CT molecular complexity index is 417. The molecule has 0 aliphatic rings. The minimum atomic E-state index is -0.178. The Morgan fingerprint density at radius 1 is 1.28 bits per heavy atom. The van der Waals surface area contributed by atoms with Crippen molar-refractivity contribution in [1.29, 1.82) is 0 Å². The van der Waals surface area contributed by atoms with Crippen molar-refractivity contribution in [3.8, 4) is 0 Å². The van der Waals surface area contributed by atoms with Crippen LogP contribution < -0.4 is 5.73 Å². The summed E-state index contributed by atoms with van der Waals surface area (Å²) in [6.45, 7) is 6.18. The molecular formula is C14H20N2OS. The average molecular weight is 264 g/mol. The fourth-order valence-electron chi connectivity index (χ4n) is 1.82. The van der Waals surface area contributed by atoms with Gasteiger partial charge in [-0.25, -0.2) is 0 Å². The van der Waals surface area contributed by atoms with Gasteiger partial charge in [-0.1, -0.05) is 42.5 Å². The summed E-state index contributed by atoms with van der Waals surface area (Å²) in [6, 6.07) is 9.82. The minimum Gasteiger partial charge on any atom is -0.392 e. The maximum Gasteiger partial charge on any atom is 0.230 e. The number of benzene rings is 1. The fraction of sp³-hybridized carbons (Fsp3) is 0.429. The van der Waals surface area contributed by atoms with Crippen LogP contribution in [-0.4, -0.2) is 28.4 Å². The van der Waals surface area contributed by atoms with Crippen molar-refractivity contribution in [2.24, 2.45) is 5.73 Å². The first-order valence-electron chi connectivity index (χ1n) is 6.07. The molecular weight excluding hydrogens is 244 g/mol. The standard InChI is InChI=1S/C14H20N2OS/c1-10(2)16(9-13(15)18)14(17)11(3)12-7-5-4-6-8-12/h4-8,10-11H,9H2,1-3H3,(H2,15,18). The van der Waals surface area contributed by atoms with Gasteiger partial charge in [-0.15, -0.1) is 0 Å². The third-order valence-electron chi connectivity index (χ3n) is 2.90. The summed E-state index contributed by atoms with van der Waals surface area (Å²) in [7, 11) is 0. The van der Waals surface area contributed by atoms with Gasteiger partial charge >= 0.3 is 0 Å². The number of hydrogen-bond acceptors (Lipinski definition) is 2. The van der Waals surface area contributed by atoms with Gasteiger partial charge < -0.3 is 10.6 Å².